The summed E-state index contributed by atoms with van der Waals surface area (Å²) in [4.78, 5) is 49.9. The minimum absolute atomic E-state index is 0.0191. The molecule has 5 aromatic rings. The lowest BCUT2D eigenvalue weighted by molar-refractivity contribution is -0.121. The summed E-state index contributed by atoms with van der Waals surface area (Å²) in [5, 5.41) is 7.95. The Morgan fingerprint density at radius 3 is 2.57 bits per heavy atom. The smallest absolute Gasteiger partial charge is 0.256 e. The fraction of sp³-hybridized carbons (Fsp3) is 0.489. The number of hydrogen-bond acceptors (Lipinski definition) is 9. The number of fused-ring (bicyclic) bond motifs is 5. The van der Waals surface area contributed by atoms with E-state index in [-0.39, 0.29) is 34.3 Å². The molecule has 2 N–H and O–H groups in total. The number of pyridine rings is 1. The predicted octanol–water partition coefficient (Wildman–Crippen LogP) is 6.24. The summed E-state index contributed by atoms with van der Waals surface area (Å²) in [5.74, 6) is -0.437. The number of para-hydroxylation sites is 1. The van der Waals surface area contributed by atoms with E-state index < -0.39 is 17.2 Å². The lowest BCUT2D eigenvalue weighted by Crippen LogP contribution is -2.45. The lowest BCUT2D eigenvalue weighted by Gasteiger charge is -2.32. The number of piperazine rings is 1. The van der Waals surface area contributed by atoms with E-state index >= 15 is 4.39 Å². The summed E-state index contributed by atoms with van der Waals surface area (Å²) in [5.41, 5.74) is 1.90. The van der Waals surface area contributed by atoms with Crippen molar-refractivity contribution < 1.29 is 23.1 Å². The van der Waals surface area contributed by atoms with Crippen molar-refractivity contribution in [2.24, 2.45) is 0 Å². The molecule has 12 nitrogen and oxygen atoms in total. The highest BCUT2D eigenvalue weighted by molar-refractivity contribution is 6.07. The molecule has 1 unspecified atom stereocenters. The van der Waals surface area contributed by atoms with Gasteiger partial charge in [0.1, 0.15) is 27.9 Å². The van der Waals surface area contributed by atoms with Gasteiger partial charge in [-0.2, -0.15) is 0 Å². The number of anilines is 1. The summed E-state index contributed by atoms with van der Waals surface area (Å²) in [6, 6.07) is 13.2. The summed E-state index contributed by atoms with van der Waals surface area (Å²) in [7, 11) is 4.32. The number of halogens is 1. The second kappa shape index (κ2) is 16.3. The van der Waals surface area contributed by atoms with Gasteiger partial charge in [0.05, 0.1) is 11.1 Å². The topological polar surface area (TPSA) is 116 Å². The Hall–Kier alpha value is -4.98. The summed E-state index contributed by atoms with van der Waals surface area (Å²) < 4.78 is 31.3. The van der Waals surface area contributed by atoms with Crippen LogP contribution in [0.2, 0.25) is 0 Å². The Bertz CT molecular complexity index is 2420. The summed E-state index contributed by atoms with van der Waals surface area (Å²) in [6.45, 7) is 7.34. The van der Waals surface area contributed by atoms with Crippen molar-refractivity contribution in [2.45, 2.75) is 69.9 Å². The van der Waals surface area contributed by atoms with Crippen molar-refractivity contribution >= 4 is 50.3 Å². The van der Waals surface area contributed by atoms with Crippen molar-refractivity contribution in [3.05, 3.63) is 70.3 Å². The first-order valence-electron chi connectivity index (χ1n) is 21.2. The zero-order valence-electron chi connectivity index (χ0n) is 33.7. The largest absolute Gasteiger partial charge is 0.456 e. The van der Waals surface area contributed by atoms with E-state index in [4.69, 9.17) is 9.15 Å². The van der Waals surface area contributed by atoms with E-state index in [0.717, 1.165) is 69.2 Å². The third-order valence-corrected chi connectivity index (χ3v) is 12.9. The van der Waals surface area contributed by atoms with Gasteiger partial charge < -0.3 is 44.0 Å². The quantitative estimate of drug-likeness (QED) is 0.131. The third kappa shape index (κ3) is 7.55. The summed E-state index contributed by atoms with van der Waals surface area (Å²) in [6.07, 6.45) is 10.2. The molecule has 2 aromatic heterocycles. The maximum atomic E-state index is 16.6. The molecule has 3 fully saturated rings. The van der Waals surface area contributed by atoms with Crippen LogP contribution in [0.5, 0.6) is 11.5 Å². The Morgan fingerprint density at radius 1 is 0.897 bits per heavy atom. The zero-order chi connectivity index (χ0) is 39.9. The highest BCUT2D eigenvalue weighted by atomic mass is 19.1. The molecule has 4 aliphatic heterocycles. The van der Waals surface area contributed by atoms with E-state index in [0.29, 0.717) is 66.6 Å². The molecular formula is C45H54FN7O5. The van der Waals surface area contributed by atoms with Gasteiger partial charge in [-0.25, -0.2) is 4.39 Å². The number of unbranched alkanes of at least 4 members (excludes halogenated alkanes) is 2. The number of furan rings is 1. The molecule has 3 saturated heterocycles. The molecule has 9 rings (SSSR count). The van der Waals surface area contributed by atoms with Gasteiger partial charge in [0.2, 0.25) is 11.3 Å². The van der Waals surface area contributed by atoms with Crippen LogP contribution in [0.4, 0.5) is 10.1 Å². The van der Waals surface area contributed by atoms with Crippen LogP contribution < -0.4 is 25.7 Å². The second-order valence-electron chi connectivity index (χ2n) is 16.8. The van der Waals surface area contributed by atoms with Crippen LogP contribution in [0.1, 0.15) is 68.1 Å². The van der Waals surface area contributed by atoms with Crippen LogP contribution >= 0.6 is 0 Å². The Kier molecular flexibility index (Phi) is 10.9. The van der Waals surface area contributed by atoms with Gasteiger partial charge in [-0.3, -0.25) is 14.4 Å². The number of likely N-dealkylation sites (N-methyl/N-ethyl adjacent to an activating group) is 1. The van der Waals surface area contributed by atoms with Gasteiger partial charge >= 0.3 is 0 Å². The number of benzene rings is 3. The monoisotopic (exact) mass is 791 g/mol. The maximum Gasteiger partial charge on any atom is 0.256 e. The third-order valence-electron chi connectivity index (χ3n) is 12.9. The van der Waals surface area contributed by atoms with Crippen LogP contribution in [0.3, 0.4) is 0 Å². The van der Waals surface area contributed by atoms with Gasteiger partial charge in [0.15, 0.2) is 17.3 Å². The molecule has 0 radical (unpaired) electrons. The molecule has 58 heavy (non-hydrogen) atoms. The molecule has 306 valence electrons. The van der Waals surface area contributed by atoms with Crippen LogP contribution in [-0.2, 0) is 4.79 Å². The molecule has 3 aromatic carbocycles. The second-order valence-corrected chi connectivity index (χ2v) is 16.8. The minimum Gasteiger partial charge on any atom is -0.456 e. The molecule has 0 saturated carbocycles. The first-order chi connectivity index (χ1) is 28.2. The number of nitrogens with one attached hydrogen (secondary N) is 2. The molecule has 6 heterocycles. The highest BCUT2D eigenvalue weighted by Crippen LogP contribution is 2.49. The minimum atomic E-state index is -0.617. The average molecular weight is 792 g/mol. The number of carbonyl (C=O) groups excluding carboxylic acids is 2. The molecule has 2 atom stereocenters. The average Bonchev–Trinajstić information content (AvgIpc) is 3.95. The SMILES string of the molecule is CN1CCN(CCCNC(=O)c2cn3c4c(c(N5CC[C@@H](NC(=O)CCCCCC6CCCN6C)C5)c(F)cc4c2=O)Oc2cc4c(cc2-3)oc2ccccc24)CC1. The van der Waals surface area contributed by atoms with E-state index in [9.17, 15) is 14.4 Å². The highest BCUT2D eigenvalue weighted by Gasteiger charge is 2.34. The molecule has 0 bridgehead atoms. The van der Waals surface area contributed by atoms with Crippen LogP contribution in [0.15, 0.2) is 57.9 Å². The standard InChI is InChI=1S/C45H54FN7O5/c1-49-20-22-51(23-21-49)18-9-16-47-45(56)34-28-53-36-26-38-32(31-12-6-7-13-37(31)57-38)25-39(36)58-44-41(53)33(43(34)55)24-35(46)42(44)52-19-15-29(27-52)48-40(54)14-5-3-4-10-30-11-8-17-50(30)2/h6-7,12-13,24-26,28-30H,3-5,8-11,14-23,27H2,1-2H3,(H,47,56)(H,48,54)/t29-,30?/m1/s1. The maximum absolute atomic E-state index is 16.6. The predicted molar refractivity (Wildman–Crippen MR) is 225 cm³/mol. The van der Waals surface area contributed by atoms with E-state index in [1.165, 1.54) is 31.9 Å². The molecular weight excluding hydrogens is 738 g/mol. The number of aromatic nitrogens is 1. The number of ether oxygens (including phenoxy) is 1. The Morgan fingerprint density at radius 2 is 1.74 bits per heavy atom. The molecule has 0 spiro atoms. The Balaban J connectivity index is 0.971. The first-order valence-corrected chi connectivity index (χ1v) is 21.2. The normalized spacial score (nSPS) is 19.9. The Labute approximate surface area is 337 Å². The van der Waals surface area contributed by atoms with Crippen LogP contribution in [0, 0.1) is 5.82 Å². The van der Waals surface area contributed by atoms with Crippen LogP contribution in [-0.4, -0.2) is 116 Å². The van der Waals surface area contributed by atoms with Gasteiger partial charge in [0, 0.05) is 87.4 Å². The molecule has 4 aliphatic rings. The number of amides is 2. The van der Waals surface area contributed by atoms with E-state index in [1.807, 2.05) is 41.3 Å². The number of hydrogen-bond donors (Lipinski definition) is 2. The van der Waals surface area contributed by atoms with Gasteiger partial charge in [-0.1, -0.05) is 31.0 Å². The fourth-order valence-electron chi connectivity index (χ4n) is 9.52. The van der Waals surface area contributed by atoms with Crippen molar-refractivity contribution in [2.75, 3.05) is 77.9 Å². The van der Waals surface area contributed by atoms with Crippen molar-refractivity contribution in [3.8, 4) is 17.2 Å². The van der Waals surface area contributed by atoms with E-state index in [2.05, 4.69) is 39.4 Å². The number of rotatable bonds is 13. The molecule has 13 heteroatoms. The first kappa shape index (κ1) is 38.5. The van der Waals surface area contributed by atoms with Gasteiger partial charge in [-0.05, 0) is 83.9 Å². The van der Waals surface area contributed by atoms with Gasteiger partial charge in [-0.15, -0.1) is 0 Å². The number of likely N-dealkylation sites (tertiary alicyclic amines) is 1. The summed E-state index contributed by atoms with van der Waals surface area (Å²) >= 11 is 0. The zero-order valence-corrected chi connectivity index (χ0v) is 33.7. The lowest BCUT2D eigenvalue weighted by atomic mass is 10.0. The van der Waals surface area contributed by atoms with Crippen LogP contribution in [0.25, 0.3) is 38.5 Å². The molecule has 0 aliphatic carbocycles. The van der Waals surface area contributed by atoms with Crippen molar-refractivity contribution in [1.82, 2.24) is 29.9 Å². The number of carbonyl (C=O) groups is 2. The number of nitrogens with zero attached hydrogens (tertiary/aromatic N) is 5. The van der Waals surface area contributed by atoms with Crippen molar-refractivity contribution in [1.29, 1.82) is 0 Å². The van der Waals surface area contributed by atoms with E-state index in [1.54, 1.807) is 10.8 Å². The molecule has 2 amide bonds. The fourth-order valence-corrected chi connectivity index (χ4v) is 9.52. The van der Waals surface area contributed by atoms with Crippen molar-refractivity contribution in [3.63, 3.8) is 0 Å². The van der Waals surface area contributed by atoms with Gasteiger partial charge in [0.25, 0.3) is 5.91 Å².